The summed E-state index contributed by atoms with van der Waals surface area (Å²) in [6.45, 7) is 4.68. The molecule has 0 aliphatic rings. The van der Waals surface area contributed by atoms with Gasteiger partial charge in [0.25, 0.3) is 0 Å². The third kappa shape index (κ3) is 3.11. The summed E-state index contributed by atoms with van der Waals surface area (Å²) < 4.78 is 1.46. The van der Waals surface area contributed by atoms with Crippen LogP contribution in [0.1, 0.15) is 25.8 Å². The number of benzene rings is 1. The number of hydrazine groups is 1. The van der Waals surface area contributed by atoms with Gasteiger partial charge >= 0.3 is 5.69 Å². The second-order valence-electron chi connectivity index (χ2n) is 4.89. The van der Waals surface area contributed by atoms with E-state index in [2.05, 4.69) is 16.9 Å². The molecule has 0 aliphatic heterocycles. The van der Waals surface area contributed by atoms with Crippen molar-refractivity contribution in [2.24, 2.45) is 12.9 Å². The Morgan fingerprint density at radius 2 is 1.95 bits per heavy atom. The first-order valence-corrected chi connectivity index (χ1v) is 7.14. The molecule has 1 heterocycles. The fourth-order valence-electron chi connectivity index (χ4n) is 2.20. The van der Waals surface area contributed by atoms with Crippen molar-refractivity contribution >= 4 is 5.95 Å². The van der Waals surface area contributed by atoms with Crippen LogP contribution in [0.2, 0.25) is 0 Å². The van der Waals surface area contributed by atoms with E-state index in [-0.39, 0.29) is 11.6 Å². The molecule has 0 fully saturated rings. The van der Waals surface area contributed by atoms with Crippen LogP contribution in [0.25, 0.3) is 11.4 Å². The maximum atomic E-state index is 12.1. The fourth-order valence-corrected chi connectivity index (χ4v) is 2.20. The van der Waals surface area contributed by atoms with Gasteiger partial charge in [0.2, 0.25) is 5.95 Å². The lowest BCUT2D eigenvalue weighted by molar-refractivity contribution is 0.725. The molecule has 0 radical (unpaired) electrons. The number of aryl methyl sites for hydroxylation is 1. The van der Waals surface area contributed by atoms with Crippen LogP contribution in [-0.4, -0.2) is 21.1 Å². The van der Waals surface area contributed by atoms with Crippen molar-refractivity contribution in [1.82, 2.24) is 14.5 Å². The predicted molar refractivity (Wildman–Crippen MR) is 83.9 cm³/mol. The Hall–Kier alpha value is -2.21. The van der Waals surface area contributed by atoms with E-state index in [4.69, 9.17) is 5.84 Å². The van der Waals surface area contributed by atoms with Crippen molar-refractivity contribution < 1.29 is 0 Å². The Kier molecular flexibility index (Phi) is 4.70. The summed E-state index contributed by atoms with van der Waals surface area (Å²) in [5.74, 6) is 6.76. The Labute approximate surface area is 124 Å². The third-order valence-corrected chi connectivity index (χ3v) is 3.37. The van der Waals surface area contributed by atoms with E-state index in [1.54, 1.807) is 7.05 Å². The molecular weight excluding hydrogens is 266 g/mol. The minimum absolute atomic E-state index is 0.265. The summed E-state index contributed by atoms with van der Waals surface area (Å²) in [4.78, 5) is 20.5. The first-order valence-electron chi connectivity index (χ1n) is 7.14. The number of anilines is 1. The lowest BCUT2D eigenvalue weighted by Gasteiger charge is -2.17. The molecule has 6 heteroatoms. The van der Waals surface area contributed by atoms with Crippen molar-refractivity contribution in [1.29, 1.82) is 0 Å². The van der Waals surface area contributed by atoms with E-state index in [1.165, 1.54) is 9.58 Å². The zero-order valence-electron chi connectivity index (χ0n) is 12.7. The van der Waals surface area contributed by atoms with E-state index >= 15 is 0 Å². The second-order valence-corrected chi connectivity index (χ2v) is 4.89. The molecule has 1 aromatic heterocycles. The SMILES string of the molecule is CCCN(N)c1nc(-c2ccccc2CC)n(C)c(=O)n1. The molecule has 0 amide bonds. The Balaban J connectivity index is 2.60. The van der Waals surface area contributed by atoms with E-state index < -0.39 is 0 Å². The zero-order valence-corrected chi connectivity index (χ0v) is 12.7. The summed E-state index contributed by atoms with van der Waals surface area (Å²) in [5.41, 5.74) is 1.72. The van der Waals surface area contributed by atoms with Gasteiger partial charge in [-0.05, 0) is 18.4 Å². The lowest BCUT2D eigenvalue weighted by Crippen LogP contribution is -2.36. The highest BCUT2D eigenvalue weighted by atomic mass is 16.1. The predicted octanol–water partition coefficient (Wildman–Crippen LogP) is 1.49. The zero-order chi connectivity index (χ0) is 15.4. The summed E-state index contributed by atoms with van der Waals surface area (Å²) in [6, 6.07) is 7.92. The molecule has 0 aliphatic carbocycles. The molecule has 2 rings (SSSR count). The molecule has 0 spiro atoms. The average Bonchev–Trinajstić information content (AvgIpc) is 2.50. The standard InChI is InChI=1S/C15H21N5O/c1-4-10-20(16)14-17-13(19(3)15(21)18-14)12-9-7-6-8-11(12)5-2/h6-9H,4-5,10,16H2,1-3H3. The van der Waals surface area contributed by atoms with Crippen LogP contribution in [-0.2, 0) is 13.5 Å². The molecular formula is C15H21N5O. The summed E-state index contributed by atoms with van der Waals surface area (Å²) in [5, 5.41) is 1.42. The fraction of sp³-hybridized carbons (Fsp3) is 0.400. The van der Waals surface area contributed by atoms with Crippen molar-refractivity contribution in [3.05, 3.63) is 40.3 Å². The number of rotatable bonds is 5. The van der Waals surface area contributed by atoms with Gasteiger partial charge in [-0.15, -0.1) is 0 Å². The largest absolute Gasteiger partial charge is 0.352 e. The maximum Gasteiger partial charge on any atom is 0.352 e. The Morgan fingerprint density at radius 1 is 1.24 bits per heavy atom. The van der Waals surface area contributed by atoms with Gasteiger partial charge in [-0.25, -0.2) is 10.6 Å². The second kappa shape index (κ2) is 6.49. The first-order chi connectivity index (χ1) is 10.1. The molecule has 0 atom stereocenters. The number of nitrogens with two attached hydrogens (primary N) is 1. The molecule has 0 saturated carbocycles. The van der Waals surface area contributed by atoms with Crippen LogP contribution in [0.5, 0.6) is 0 Å². The molecule has 21 heavy (non-hydrogen) atoms. The number of hydrogen-bond acceptors (Lipinski definition) is 5. The van der Waals surface area contributed by atoms with Gasteiger partial charge < -0.3 is 0 Å². The van der Waals surface area contributed by atoms with Crippen LogP contribution in [0.15, 0.2) is 29.1 Å². The molecule has 0 bridgehead atoms. The van der Waals surface area contributed by atoms with E-state index in [0.717, 1.165) is 24.0 Å². The Morgan fingerprint density at radius 3 is 2.62 bits per heavy atom. The highest BCUT2D eigenvalue weighted by Crippen LogP contribution is 2.21. The van der Waals surface area contributed by atoms with E-state index in [0.29, 0.717) is 12.4 Å². The van der Waals surface area contributed by atoms with E-state index in [9.17, 15) is 4.79 Å². The molecule has 0 saturated heterocycles. The number of nitrogens with zero attached hydrogens (tertiary/aromatic N) is 4. The van der Waals surface area contributed by atoms with Crippen LogP contribution in [0.4, 0.5) is 5.95 Å². The van der Waals surface area contributed by atoms with Gasteiger partial charge in [-0.3, -0.25) is 9.58 Å². The molecule has 2 N–H and O–H groups in total. The van der Waals surface area contributed by atoms with Crippen molar-refractivity contribution in [3.63, 3.8) is 0 Å². The van der Waals surface area contributed by atoms with Crippen LogP contribution in [0, 0.1) is 0 Å². The topological polar surface area (TPSA) is 77.0 Å². The Bertz CT molecular complexity index is 680. The van der Waals surface area contributed by atoms with Crippen molar-refractivity contribution in [2.45, 2.75) is 26.7 Å². The summed E-state index contributed by atoms with van der Waals surface area (Å²) >= 11 is 0. The maximum absolute atomic E-state index is 12.1. The van der Waals surface area contributed by atoms with Gasteiger partial charge in [0.15, 0.2) is 0 Å². The van der Waals surface area contributed by atoms with Crippen LogP contribution < -0.4 is 16.5 Å². The van der Waals surface area contributed by atoms with Gasteiger partial charge in [0.1, 0.15) is 5.82 Å². The number of aromatic nitrogens is 3. The smallest absolute Gasteiger partial charge is 0.279 e. The van der Waals surface area contributed by atoms with Gasteiger partial charge in [-0.2, -0.15) is 9.97 Å². The first kappa shape index (κ1) is 15.2. The normalized spacial score (nSPS) is 10.7. The molecule has 6 nitrogen and oxygen atoms in total. The number of hydrogen-bond donors (Lipinski definition) is 1. The van der Waals surface area contributed by atoms with Gasteiger partial charge in [0.05, 0.1) is 0 Å². The van der Waals surface area contributed by atoms with Crippen molar-refractivity contribution in [2.75, 3.05) is 11.6 Å². The quantitative estimate of drug-likeness (QED) is 0.666. The molecule has 0 unspecified atom stereocenters. The monoisotopic (exact) mass is 287 g/mol. The summed E-state index contributed by atoms with van der Waals surface area (Å²) in [6.07, 6.45) is 1.72. The average molecular weight is 287 g/mol. The van der Waals surface area contributed by atoms with Crippen LogP contribution >= 0.6 is 0 Å². The van der Waals surface area contributed by atoms with E-state index in [1.807, 2.05) is 31.2 Å². The molecule has 112 valence electrons. The lowest BCUT2D eigenvalue weighted by atomic mass is 10.0. The minimum Gasteiger partial charge on any atom is -0.279 e. The van der Waals surface area contributed by atoms with Crippen molar-refractivity contribution in [3.8, 4) is 11.4 Å². The highest BCUT2D eigenvalue weighted by molar-refractivity contribution is 5.61. The third-order valence-electron chi connectivity index (χ3n) is 3.37. The highest BCUT2D eigenvalue weighted by Gasteiger charge is 2.14. The van der Waals surface area contributed by atoms with Gasteiger partial charge in [-0.1, -0.05) is 38.1 Å². The van der Waals surface area contributed by atoms with Crippen LogP contribution in [0.3, 0.4) is 0 Å². The van der Waals surface area contributed by atoms with Gasteiger partial charge in [0, 0.05) is 19.2 Å². The molecule has 1 aromatic carbocycles. The summed E-state index contributed by atoms with van der Waals surface area (Å²) in [7, 11) is 1.68. The minimum atomic E-state index is -0.354. The molecule has 2 aromatic rings.